The molecule has 4 aliphatic rings. The van der Waals surface area contributed by atoms with Gasteiger partial charge in [0.1, 0.15) is 17.9 Å². The standard InChI is InChI=1S/C44H50N10O4/c1-28-41-36(4-3-5-37(41)54(49-28)38-10-11-40(55)48-43(38)57)52-18-14-44(15-19-52)12-16-51(17-13-44)26-29-6-8-33(9-7-29)53-27-32-21-35(39(58-2)22-34(32)50-53)47-42(56)31-20-30(23-45)24-46-25-31/h3-5,20-22,24-25,27,29,33,38H,6-19,26H2,1-2H3,(H,47,56)(H,48,55,57). The predicted molar refractivity (Wildman–Crippen MR) is 220 cm³/mol. The van der Waals surface area contributed by atoms with E-state index in [1.165, 1.54) is 82.3 Å². The fraction of sp³-hybridized carbons (Fsp3) is 0.477. The third-order valence-electron chi connectivity index (χ3n) is 13.4. The summed E-state index contributed by atoms with van der Waals surface area (Å²) in [5.41, 5.74) is 5.49. The van der Waals surface area contributed by atoms with Gasteiger partial charge in [0.15, 0.2) is 0 Å². The van der Waals surface area contributed by atoms with E-state index in [4.69, 9.17) is 14.9 Å². The number of nitrogens with one attached hydrogen (secondary N) is 2. The SMILES string of the molecule is COc1cc2nn(C3CCC(CN4CCC5(CC4)CCN(c4cccc6c4c(C)nn6C4CCC(=O)NC4=O)CC5)CC3)cc2cc1NC(=O)c1cncc(C#N)c1. The summed E-state index contributed by atoms with van der Waals surface area (Å²) in [4.78, 5) is 46.7. The molecule has 14 nitrogen and oxygen atoms in total. The molecule has 3 saturated heterocycles. The van der Waals surface area contributed by atoms with Gasteiger partial charge in [-0.25, -0.2) is 0 Å². The lowest BCUT2D eigenvalue weighted by Crippen LogP contribution is -2.48. The average Bonchev–Trinajstić information content (AvgIpc) is 3.82. The van der Waals surface area contributed by atoms with Gasteiger partial charge in [0.2, 0.25) is 5.91 Å². The second-order valence-electron chi connectivity index (χ2n) is 16.9. The first-order chi connectivity index (χ1) is 28.2. The molecule has 14 heteroatoms. The second kappa shape index (κ2) is 15.5. The number of piperidine rings is 3. The van der Waals surface area contributed by atoms with Crippen molar-refractivity contribution in [1.29, 1.82) is 5.26 Å². The number of benzene rings is 2. The number of fused-ring (bicyclic) bond motifs is 2. The summed E-state index contributed by atoms with van der Waals surface area (Å²) in [6.07, 6.45) is 15.2. The van der Waals surface area contributed by atoms with Crippen LogP contribution in [0.15, 0.2) is 55.0 Å². The van der Waals surface area contributed by atoms with E-state index in [0.717, 1.165) is 53.4 Å². The fourth-order valence-electron chi connectivity index (χ4n) is 10.0. The fourth-order valence-corrected chi connectivity index (χ4v) is 10.0. The highest BCUT2D eigenvalue weighted by Gasteiger charge is 2.39. The Morgan fingerprint density at radius 3 is 2.52 bits per heavy atom. The van der Waals surface area contributed by atoms with Crippen LogP contribution in [-0.4, -0.2) is 87.0 Å². The number of imide groups is 1. The predicted octanol–water partition coefficient (Wildman–Crippen LogP) is 6.31. The Kier molecular flexibility index (Phi) is 10.1. The zero-order valence-electron chi connectivity index (χ0n) is 33.2. The van der Waals surface area contributed by atoms with Crippen LogP contribution in [-0.2, 0) is 9.59 Å². The van der Waals surface area contributed by atoms with Crippen molar-refractivity contribution < 1.29 is 19.1 Å². The van der Waals surface area contributed by atoms with Crippen molar-refractivity contribution in [3.05, 3.63) is 71.8 Å². The van der Waals surface area contributed by atoms with Crippen LogP contribution in [0.3, 0.4) is 0 Å². The maximum absolute atomic E-state index is 13.0. The van der Waals surface area contributed by atoms with Crippen molar-refractivity contribution in [2.75, 3.05) is 50.1 Å². The molecule has 1 saturated carbocycles. The van der Waals surface area contributed by atoms with Crippen LogP contribution in [0.25, 0.3) is 21.8 Å². The zero-order chi connectivity index (χ0) is 40.0. The minimum atomic E-state index is -0.463. The van der Waals surface area contributed by atoms with Crippen LogP contribution in [0.4, 0.5) is 11.4 Å². The molecule has 3 aliphatic heterocycles. The summed E-state index contributed by atoms with van der Waals surface area (Å²) < 4.78 is 9.56. The number of rotatable bonds is 8. The summed E-state index contributed by atoms with van der Waals surface area (Å²) in [7, 11) is 1.58. The second-order valence-corrected chi connectivity index (χ2v) is 16.9. The molecule has 1 atom stereocenters. The van der Waals surface area contributed by atoms with E-state index < -0.39 is 6.04 Å². The Bertz CT molecular complexity index is 2420. The van der Waals surface area contributed by atoms with Gasteiger partial charge in [0.25, 0.3) is 11.8 Å². The highest BCUT2D eigenvalue weighted by atomic mass is 16.5. The van der Waals surface area contributed by atoms with Gasteiger partial charge in [-0.15, -0.1) is 0 Å². The molecule has 1 unspecified atom stereocenters. The molecule has 2 aromatic carbocycles. The van der Waals surface area contributed by atoms with Crippen molar-refractivity contribution in [2.24, 2.45) is 11.3 Å². The number of ether oxygens (including phenoxy) is 1. The first-order valence-electron chi connectivity index (χ1n) is 20.7. The van der Waals surface area contributed by atoms with E-state index in [1.54, 1.807) is 7.11 Å². The maximum Gasteiger partial charge on any atom is 0.257 e. The Labute approximate surface area is 337 Å². The van der Waals surface area contributed by atoms with E-state index in [0.29, 0.717) is 52.8 Å². The average molecular weight is 783 g/mol. The number of amides is 3. The van der Waals surface area contributed by atoms with E-state index in [-0.39, 0.29) is 17.7 Å². The molecule has 4 fully saturated rings. The Morgan fingerprint density at radius 2 is 1.78 bits per heavy atom. The first kappa shape index (κ1) is 37.7. The molecule has 58 heavy (non-hydrogen) atoms. The third kappa shape index (κ3) is 7.28. The van der Waals surface area contributed by atoms with E-state index in [1.807, 2.05) is 35.9 Å². The number of carbonyl (C=O) groups is 3. The van der Waals surface area contributed by atoms with E-state index in [9.17, 15) is 19.6 Å². The Balaban J connectivity index is 0.769. The van der Waals surface area contributed by atoms with Crippen molar-refractivity contribution in [2.45, 2.75) is 83.2 Å². The molecule has 0 radical (unpaired) electrons. The third-order valence-corrected chi connectivity index (χ3v) is 13.4. The quantitative estimate of drug-likeness (QED) is 0.171. The highest BCUT2D eigenvalue weighted by molar-refractivity contribution is 6.06. The lowest BCUT2D eigenvalue weighted by Gasteiger charge is -2.48. The minimum absolute atomic E-state index is 0.212. The molecule has 1 aliphatic carbocycles. The smallest absolute Gasteiger partial charge is 0.257 e. The number of carbonyl (C=O) groups excluding carboxylic acids is 3. The van der Waals surface area contributed by atoms with E-state index in [2.05, 4.69) is 48.4 Å². The number of nitrogens with zero attached hydrogens (tertiary/aromatic N) is 8. The van der Waals surface area contributed by atoms with Gasteiger partial charge in [0, 0.05) is 67.2 Å². The Morgan fingerprint density at radius 1 is 1.00 bits per heavy atom. The molecule has 3 aromatic heterocycles. The van der Waals surface area contributed by atoms with Gasteiger partial charge in [-0.2, -0.15) is 15.5 Å². The topological polar surface area (TPSA) is 163 Å². The molecule has 5 aromatic rings. The number of pyridine rings is 1. The number of methoxy groups -OCH3 is 1. The zero-order valence-corrected chi connectivity index (χ0v) is 33.2. The molecule has 1 spiro atoms. The van der Waals surface area contributed by atoms with Gasteiger partial charge >= 0.3 is 0 Å². The van der Waals surface area contributed by atoms with Gasteiger partial charge in [-0.1, -0.05) is 6.07 Å². The molecular formula is C44H50N10O4. The van der Waals surface area contributed by atoms with Crippen LogP contribution in [0, 0.1) is 29.6 Å². The van der Waals surface area contributed by atoms with Crippen molar-refractivity contribution in [3.8, 4) is 11.8 Å². The Hall–Kier alpha value is -5.81. The number of likely N-dealkylation sites (tertiary alicyclic amines) is 1. The van der Waals surface area contributed by atoms with Crippen molar-refractivity contribution in [1.82, 2.24) is 34.8 Å². The first-order valence-corrected chi connectivity index (χ1v) is 20.7. The van der Waals surface area contributed by atoms with Crippen LogP contribution < -0.4 is 20.3 Å². The summed E-state index contributed by atoms with van der Waals surface area (Å²) in [5.74, 6) is 0.379. The number of hydrogen-bond donors (Lipinski definition) is 2. The largest absolute Gasteiger partial charge is 0.494 e. The van der Waals surface area contributed by atoms with Gasteiger partial charge in [0.05, 0.1) is 46.7 Å². The molecule has 6 heterocycles. The number of aryl methyl sites for hydroxylation is 1. The summed E-state index contributed by atoms with van der Waals surface area (Å²) in [6.45, 7) is 7.57. The van der Waals surface area contributed by atoms with Crippen LogP contribution >= 0.6 is 0 Å². The van der Waals surface area contributed by atoms with Crippen molar-refractivity contribution in [3.63, 3.8) is 0 Å². The molecule has 2 N–H and O–H groups in total. The van der Waals surface area contributed by atoms with Crippen LogP contribution in [0.2, 0.25) is 0 Å². The monoisotopic (exact) mass is 782 g/mol. The lowest BCUT2D eigenvalue weighted by molar-refractivity contribution is -0.135. The van der Waals surface area contributed by atoms with E-state index >= 15 is 0 Å². The molecule has 300 valence electrons. The van der Waals surface area contributed by atoms with Gasteiger partial charge in [-0.3, -0.25) is 34.0 Å². The lowest BCUT2D eigenvalue weighted by atomic mass is 9.71. The van der Waals surface area contributed by atoms with Gasteiger partial charge < -0.3 is 19.9 Å². The number of hydrogen-bond acceptors (Lipinski definition) is 10. The maximum atomic E-state index is 13.0. The normalized spacial score (nSPS) is 22.6. The number of nitriles is 1. The summed E-state index contributed by atoms with van der Waals surface area (Å²) in [6, 6.07) is 13.5. The molecule has 0 bridgehead atoms. The van der Waals surface area contributed by atoms with Crippen molar-refractivity contribution >= 4 is 50.9 Å². The van der Waals surface area contributed by atoms with Gasteiger partial charge in [-0.05, 0) is 113 Å². The summed E-state index contributed by atoms with van der Waals surface area (Å²) >= 11 is 0. The highest BCUT2D eigenvalue weighted by Crippen LogP contribution is 2.44. The number of anilines is 2. The minimum Gasteiger partial charge on any atom is -0.494 e. The molecule has 3 amide bonds. The molecule has 9 rings (SSSR count). The number of aromatic nitrogens is 5. The summed E-state index contributed by atoms with van der Waals surface area (Å²) in [5, 5.41) is 26.4. The molecular weight excluding hydrogens is 733 g/mol. The van der Waals surface area contributed by atoms with Crippen LogP contribution in [0.5, 0.6) is 5.75 Å². The van der Waals surface area contributed by atoms with Crippen LogP contribution in [0.1, 0.15) is 97.9 Å².